The topological polar surface area (TPSA) is 140 Å². The fourth-order valence-electron chi connectivity index (χ4n) is 7.51. The van der Waals surface area contributed by atoms with E-state index in [1.165, 1.54) is 0 Å². The fourth-order valence-corrected chi connectivity index (χ4v) is 18.9. The lowest BCUT2D eigenvalue weighted by molar-refractivity contribution is -0.0557. The van der Waals surface area contributed by atoms with Crippen LogP contribution < -0.4 is 5.73 Å². The van der Waals surface area contributed by atoms with Crippen LogP contribution in [-0.2, 0) is 53.1 Å². The average molecular weight is 709 g/mol. The molecule has 0 rings (SSSR count). The minimum absolute atomic E-state index is 0.0793. The second-order valence-corrected chi connectivity index (χ2v) is 22.7. The first-order chi connectivity index (χ1) is 20.9. The standard InChI is InChI=1S/C26H64N2O12Si4/c1-17-22(41(29-5,30-6)31-7)26(21-27,23(18-2)42(32-8,33-9)34-10)28(24(19-3)43(35-11,36-12)37-13)25(20-4)44(38-14,39-15)40-16/h22-25H,17-21,27H2,1-16H3. The van der Waals surface area contributed by atoms with Crippen molar-refractivity contribution in [1.82, 2.24) is 4.90 Å². The molecule has 4 unspecified atom stereocenters. The first-order valence-electron chi connectivity index (χ1n) is 15.0. The molecule has 0 aromatic rings. The third kappa shape index (κ3) is 7.62. The first kappa shape index (κ1) is 44.3. The largest absolute Gasteiger partial charge is 0.518 e. The van der Waals surface area contributed by atoms with E-state index in [0.29, 0.717) is 25.7 Å². The Morgan fingerprint density at radius 1 is 0.432 bits per heavy atom. The monoisotopic (exact) mass is 708 g/mol. The van der Waals surface area contributed by atoms with Crippen LogP contribution in [-0.4, -0.2) is 149 Å². The molecule has 2 N–H and O–H groups in total. The smallest absolute Gasteiger partial charge is 0.377 e. The molecule has 18 heteroatoms. The Balaban J connectivity index is 9.01. The Morgan fingerprint density at radius 2 is 0.659 bits per heavy atom. The zero-order valence-electron chi connectivity index (χ0n) is 30.3. The number of hydrogen-bond acceptors (Lipinski definition) is 14. The molecule has 0 saturated carbocycles. The lowest BCUT2D eigenvalue weighted by atomic mass is 9.84. The molecule has 266 valence electrons. The predicted molar refractivity (Wildman–Crippen MR) is 177 cm³/mol. The van der Waals surface area contributed by atoms with Gasteiger partial charge in [0.25, 0.3) is 0 Å². The van der Waals surface area contributed by atoms with E-state index in [9.17, 15) is 0 Å². The molecule has 0 spiro atoms. The molecule has 0 amide bonds. The van der Waals surface area contributed by atoms with Crippen LogP contribution >= 0.6 is 0 Å². The van der Waals surface area contributed by atoms with E-state index in [0.717, 1.165) is 0 Å². The van der Waals surface area contributed by atoms with Crippen molar-refractivity contribution in [2.75, 3.05) is 91.9 Å². The van der Waals surface area contributed by atoms with Crippen molar-refractivity contribution in [3.63, 3.8) is 0 Å². The van der Waals surface area contributed by atoms with Gasteiger partial charge in [-0.2, -0.15) is 0 Å². The highest BCUT2D eigenvalue weighted by atomic mass is 28.4. The van der Waals surface area contributed by atoms with Crippen LogP contribution in [0.15, 0.2) is 0 Å². The minimum Gasteiger partial charge on any atom is -0.377 e. The molecule has 0 fully saturated rings. The Morgan fingerprint density at radius 3 is 0.795 bits per heavy atom. The summed E-state index contributed by atoms with van der Waals surface area (Å²) in [6, 6.07) is 0. The van der Waals surface area contributed by atoms with Gasteiger partial charge in [-0.1, -0.05) is 27.7 Å². The average Bonchev–Trinajstić information content (AvgIpc) is 3.08. The molecule has 0 aromatic carbocycles. The molecular formula is C26H64N2O12Si4. The van der Waals surface area contributed by atoms with Crippen LogP contribution in [0.4, 0.5) is 0 Å². The van der Waals surface area contributed by atoms with Crippen molar-refractivity contribution in [2.45, 2.75) is 81.3 Å². The van der Waals surface area contributed by atoms with Crippen molar-refractivity contribution in [3.05, 3.63) is 0 Å². The molecule has 0 bridgehead atoms. The van der Waals surface area contributed by atoms with E-state index >= 15 is 0 Å². The van der Waals surface area contributed by atoms with E-state index in [4.69, 9.17) is 58.8 Å². The number of hydrogen-bond donors (Lipinski definition) is 1. The lowest BCUT2D eigenvalue weighted by Gasteiger charge is -2.62. The fraction of sp³-hybridized carbons (Fsp3) is 1.00. The van der Waals surface area contributed by atoms with Gasteiger partial charge in [0.05, 0.1) is 11.3 Å². The third-order valence-electron chi connectivity index (χ3n) is 9.36. The summed E-state index contributed by atoms with van der Waals surface area (Å²) in [6.45, 7) is 8.33. The van der Waals surface area contributed by atoms with Crippen molar-refractivity contribution >= 4 is 35.2 Å². The van der Waals surface area contributed by atoms with Crippen LogP contribution in [0.1, 0.15) is 53.4 Å². The van der Waals surface area contributed by atoms with Crippen molar-refractivity contribution in [1.29, 1.82) is 0 Å². The maximum atomic E-state index is 7.16. The van der Waals surface area contributed by atoms with Gasteiger partial charge in [-0.25, -0.2) is 0 Å². The van der Waals surface area contributed by atoms with Gasteiger partial charge in [0, 0.05) is 108 Å². The van der Waals surface area contributed by atoms with Gasteiger partial charge in [-0.3, -0.25) is 4.90 Å². The van der Waals surface area contributed by atoms with E-state index in [1.807, 2.05) is 0 Å². The minimum atomic E-state index is -3.54. The highest BCUT2D eigenvalue weighted by Gasteiger charge is 2.72. The predicted octanol–water partition coefficient (Wildman–Crippen LogP) is 2.69. The SMILES string of the molecule is CCC(N(C(CC)[Si](OC)(OC)OC)C(CN)(C(CC)[Si](OC)(OC)OC)C(CC)[Si](OC)(OC)OC)[Si](OC)(OC)OC. The normalized spacial score (nSPS) is 17.9. The molecule has 0 radical (unpaired) electrons. The van der Waals surface area contributed by atoms with Gasteiger partial charge in [0.1, 0.15) is 0 Å². The summed E-state index contributed by atoms with van der Waals surface area (Å²) in [4.78, 5) is 2.30. The van der Waals surface area contributed by atoms with Gasteiger partial charge >= 0.3 is 35.2 Å². The van der Waals surface area contributed by atoms with Crippen LogP contribution in [0.25, 0.3) is 0 Å². The molecular weight excluding hydrogens is 645 g/mol. The Kier molecular flexibility index (Phi) is 20.1. The van der Waals surface area contributed by atoms with Gasteiger partial charge in [-0.15, -0.1) is 0 Å². The molecule has 0 aliphatic heterocycles. The van der Waals surface area contributed by atoms with E-state index < -0.39 is 63.2 Å². The van der Waals surface area contributed by atoms with Crippen molar-refractivity contribution in [3.8, 4) is 0 Å². The maximum Gasteiger partial charge on any atom is 0.518 e. The van der Waals surface area contributed by atoms with Gasteiger partial charge < -0.3 is 58.8 Å². The summed E-state index contributed by atoms with van der Waals surface area (Å²) in [6.07, 6.45) is 2.17. The Bertz CT molecular complexity index is 688. The van der Waals surface area contributed by atoms with Gasteiger partial charge in [-0.05, 0) is 25.7 Å². The molecule has 44 heavy (non-hydrogen) atoms. The van der Waals surface area contributed by atoms with Crippen LogP contribution in [0.2, 0.25) is 11.1 Å². The van der Waals surface area contributed by atoms with Crippen molar-refractivity contribution in [2.24, 2.45) is 5.73 Å². The molecule has 4 atom stereocenters. The summed E-state index contributed by atoms with van der Waals surface area (Å²) in [5.74, 6) is 0. The zero-order valence-corrected chi connectivity index (χ0v) is 34.3. The summed E-state index contributed by atoms with van der Waals surface area (Å²) in [5, 5.41) is 0. The summed E-state index contributed by atoms with van der Waals surface area (Å²) >= 11 is 0. The summed E-state index contributed by atoms with van der Waals surface area (Å²) < 4.78 is 74.8. The van der Waals surface area contributed by atoms with Gasteiger partial charge in [0.15, 0.2) is 0 Å². The van der Waals surface area contributed by atoms with E-state index in [2.05, 4.69) is 32.6 Å². The maximum absolute atomic E-state index is 7.16. The summed E-state index contributed by atoms with van der Waals surface area (Å²) in [7, 11) is 5.13. The lowest BCUT2D eigenvalue weighted by Crippen LogP contribution is -2.81. The van der Waals surface area contributed by atoms with Gasteiger partial charge in [0.2, 0.25) is 0 Å². The molecule has 14 nitrogen and oxygen atoms in total. The van der Waals surface area contributed by atoms with E-state index in [-0.39, 0.29) is 6.54 Å². The van der Waals surface area contributed by atoms with Crippen LogP contribution in [0, 0.1) is 0 Å². The molecule has 0 heterocycles. The Hall–Kier alpha value is 0.308. The zero-order chi connectivity index (χ0) is 34.4. The number of rotatable bonds is 26. The highest BCUT2D eigenvalue weighted by molar-refractivity contribution is 6.66. The number of nitrogens with zero attached hydrogens (tertiary/aromatic N) is 1. The van der Waals surface area contributed by atoms with Crippen molar-refractivity contribution < 1.29 is 53.1 Å². The molecule has 0 aliphatic carbocycles. The Labute approximate surface area is 271 Å². The first-order valence-corrected chi connectivity index (χ1v) is 22.3. The van der Waals surface area contributed by atoms with Crippen LogP contribution in [0.5, 0.6) is 0 Å². The molecule has 0 aliphatic rings. The summed E-state index contributed by atoms with van der Waals surface area (Å²) in [5.41, 5.74) is 4.13. The second-order valence-electron chi connectivity index (χ2n) is 10.2. The number of nitrogens with two attached hydrogens (primary N) is 1. The third-order valence-corrected chi connectivity index (χ3v) is 22.7. The molecule has 0 saturated heterocycles. The highest BCUT2D eigenvalue weighted by Crippen LogP contribution is 2.55. The van der Waals surface area contributed by atoms with Crippen LogP contribution in [0.3, 0.4) is 0 Å². The quantitative estimate of drug-likeness (QED) is 0.132. The second kappa shape index (κ2) is 20.0. The molecule has 0 aromatic heterocycles. The van der Waals surface area contributed by atoms with E-state index in [1.54, 1.807) is 85.3 Å².